The first-order chi connectivity index (χ1) is 22.8. The third kappa shape index (κ3) is 6.40. The Morgan fingerprint density at radius 3 is 2.55 bits per heavy atom. The number of hydrogen-bond acceptors (Lipinski definition) is 7. The van der Waals surface area contributed by atoms with E-state index in [0.717, 1.165) is 22.8 Å². The number of aromatic nitrogens is 1. The molecule has 0 unspecified atom stereocenters. The average Bonchev–Trinajstić information content (AvgIpc) is 3.38. The van der Waals surface area contributed by atoms with Gasteiger partial charge >= 0.3 is 5.97 Å². The van der Waals surface area contributed by atoms with Crippen molar-refractivity contribution in [1.82, 2.24) is 4.57 Å². The van der Waals surface area contributed by atoms with Gasteiger partial charge in [-0.05, 0) is 76.0 Å². The fourth-order valence-electron chi connectivity index (χ4n) is 5.78. The molecule has 10 heteroatoms. The SMILES string of the molecule is CCCC1=C(C(=O)OCC)[C@@H](c2c(OC)ccc3ccccc23)n2c(s/c(=C/c3ccc(OCc4ccccc4F)c(Br)c3)c2=O)=N1. The van der Waals surface area contributed by atoms with Crippen LogP contribution in [0.4, 0.5) is 4.39 Å². The Balaban J connectivity index is 1.50. The molecule has 1 aromatic heterocycles. The molecule has 240 valence electrons. The van der Waals surface area contributed by atoms with Crippen molar-refractivity contribution in [2.45, 2.75) is 39.3 Å². The Labute approximate surface area is 283 Å². The smallest absolute Gasteiger partial charge is 0.338 e. The number of nitrogens with zero attached hydrogens (tertiary/aromatic N) is 2. The zero-order chi connectivity index (χ0) is 33.1. The van der Waals surface area contributed by atoms with Gasteiger partial charge in [0.2, 0.25) is 0 Å². The number of hydrogen-bond donors (Lipinski definition) is 0. The van der Waals surface area contributed by atoms with E-state index in [4.69, 9.17) is 19.2 Å². The summed E-state index contributed by atoms with van der Waals surface area (Å²) in [5.74, 6) is 0.253. The van der Waals surface area contributed by atoms with Crippen LogP contribution in [0.1, 0.15) is 49.4 Å². The second kappa shape index (κ2) is 14.1. The van der Waals surface area contributed by atoms with Crippen molar-refractivity contribution in [2.75, 3.05) is 13.7 Å². The third-order valence-corrected chi connectivity index (χ3v) is 9.51. The zero-order valence-electron chi connectivity index (χ0n) is 26.1. The van der Waals surface area contributed by atoms with E-state index in [1.165, 1.54) is 17.4 Å². The van der Waals surface area contributed by atoms with Gasteiger partial charge in [-0.25, -0.2) is 14.2 Å². The molecule has 2 heterocycles. The molecule has 7 nitrogen and oxygen atoms in total. The molecule has 5 aromatic rings. The summed E-state index contributed by atoms with van der Waals surface area (Å²) in [6.07, 6.45) is 3.07. The summed E-state index contributed by atoms with van der Waals surface area (Å²) in [5, 5.41) is 1.81. The molecule has 4 aromatic carbocycles. The minimum absolute atomic E-state index is 0.0732. The highest BCUT2D eigenvalue weighted by molar-refractivity contribution is 9.10. The van der Waals surface area contributed by atoms with E-state index in [2.05, 4.69) is 15.9 Å². The molecule has 0 saturated carbocycles. The maximum Gasteiger partial charge on any atom is 0.338 e. The van der Waals surface area contributed by atoms with Gasteiger partial charge in [-0.3, -0.25) is 9.36 Å². The lowest BCUT2D eigenvalue weighted by Gasteiger charge is -2.28. The Morgan fingerprint density at radius 2 is 1.81 bits per heavy atom. The number of halogens is 2. The van der Waals surface area contributed by atoms with Crippen molar-refractivity contribution in [1.29, 1.82) is 0 Å². The first kappa shape index (κ1) is 32.4. The topological polar surface area (TPSA) is 79.1 Å². The average molecular weight is 716 g/mol. The van der Waals surface area contributed by atoms with E-state index < -0.39 is 12.0 Å². The Bertz CT molecular complexity index is 2210. The second-order valence-corrected chi connectivity index (χ2v) is 12.7. The maximum atomic E-state index is 14.4. The van der Waals surface area contributed by atoms with Crippen LogP contribution in [0.5, 0.6) is 11.5 Å². The number of carbonyl (C=O) groups excluding carboxylic acids is 1. The van der Waals surface area contributed by atoms with Gasteiger partial charge in [0.25, 0.3) is 5.56 Å². The minimum atomic E-state index is -0.823. The van der Waals surface area contributed by atoms with Gasteiger partial charge in [-0.1, -0.05) is 79.3 Å². The van der Waals surface area contributed by atoms with E-state index in [9.17, 15) is 14.0 Å². The first-order valence-corrected chi connectivity index (χ1v) is 16.9. The van der Waals surface area contributed by atoms with Crippen molar-refractivity contribution < 1.29 is 23.4 Å². The predicted molar refractivity (Wildman–Crippen MR) is 185 cm³/mol. The lowest BCUT2D eigenvalue weighted by molar-refractivity contribution is -0.139. The van der Waals surface area contributed by atoms with E-state index in [1.54, 1.807) is 48.9 Å². The highest BCUT2D eigenvalue weighted by Crippen LogP contribution is 2.41. The summed E-state index contributed by atoms with van der Waals surface area (Å²) in [4.78, 5) is 33.5. The van der Waals surface area contributed by atoms with Crippen LogP contribution < -0.4 is 24.4 Å². The monoisotopic (exact) mass is 714 g/mol. The number of rotatable bonds is 10. The lowest BCUT2D eigenvalue weighted by atomic mass is 9.90. The van der Waals surface area contributed by atoms with E-state index >= 15 is 0 Å². The number of esters is 1. The van der Waals surface area contributed by atoms with Gasteiger partial charge < -0.3 is 14.2 Å². The molecule has 0 fully saturated rings. The van der Waals surface area contributed by atoms with Gasteiger partial charge in [0.15, 0.2) is 4.80 Å². The van der Waals surface area contributed by atoms with Gasteiger partial charge in [0.1, 0.15) is 30.0 Å². The normalized spacial score (nSPS) is 14.6. The van der Waals surface area contributed by atoms with Crippen LogP contribution in [0.2, 0.25) is 0 Å². The third-order valence-electron chi connectivity index (χ3n) is 7.91. The van der Waals surface area contributed by atoms with Crippen molar-refractivity contribution in [2.24, 2.45) is 4.99 Å². The number of thiazole rings is 1. The number of methoxy groups -OCH3 is 1. The van der Waals surface area contributed by atoms with E-state index in [1.807, 2.05) is 55.5 Å². The van der Waals surface area contributed by atoms with Crippen LogP contribution in [0.25, 0.3) is 16.8 Å². The molecule has 0 amide bonds. The molecule has 47 heavy (non-hydrogen) atoms. The second-order valence-electron chi connectivity index (χ2n) is 10.9. The van der Waals surface area contributed by atoms with Crippen molar-refractivity contribution in [3.8, 4) is 11.5 Å². The molecular formula is C37H32BrFN2O5S. The number of carbonyl (C=O) groups is 1. The Hall–Kier alpha value is -4.54. The van der Waals surface area contributed by atoms with Crippen molar-refractivity contribution >= 4 is 50.1 Å². The quantitative estimate of drug-likeness (QED) is 0.143. The molecular weight excluding hydrogens is 683 g/mol. The van der Waals surface area contributed by atoms with Gasteiger partial charge in [0, 0.05) is 11.1 Å². The van der Waals surface area contributed by atoms with E-state index in [-0.39, 0.29) is 24.6 Å². The van der Waals surface area contributed by atoms with Crippen LogP contribution in [-0.2, 0) is 16.1 Å². The fraction of sp³-hybridized carbons (Fsp3) is 0.216. The zero-order valence-corrected chi connectivity index (χ0v) is 28.5. The summed E-state index contributed by atoms with van der Waals surface area (Å²) >= 11 is 4.82. The molecule has 0 radical (unpaired) electrons. The van der Waals surface area contributed by atoms with Gasteiger partial charge in [0.05, 0.1) is 34.0 Å². The molecule has 0 saturated heterocycles. The van der Waals surface area contributed by atoms with Gasteiger partial charge in [-0.2, -0.15) is 0 Å². The first-order valence-electron chi connectivity index (χ1n) is 15.3. The summed E-state index contributed by atoms with van der Waals surface area (Å²) in [6, 6.07) is 22.8. The molecule has 1 aliphatic rings. The summed E-state index contributed by atoms with van der Waals surface area (Å²) < 4.78 is 34.1. The molecule has 1 atom stereocenters. The highest BCUT2D eigenvalue weighted by atomic mass is 79.9. The Kier molecular flexibility index (Phi) is 9.70. The number of ether oxygens (including phenoxy) is 3. The van der Waals surface area contributed by atoms with Gasteiger partial charge in [-0.15, -0.1) is 0 Å². The minimum Gasteiger partial charge on any atom is -0.496 e. The summed E-state index contributed by atoms with van der Waals surface area (Å²) in [6.45, 7) is 4.04. The number of benzene rings is 4. The van der Waals surface area contributed by atoms with Crippen molar-refractivity contribution in [3.63, 3.8) is 0 Å². The summed E-state index contributed by atoms with van der Waals surface area (Å²) in [5.41, 5.74) is 2.54. The Morgan fingerprint density at radius 1 is 1.04 bits per heavy atom. The molecule has 0 bridgehead atoms. The fourth-order valence-corrected chi connectivity index (χ4v) is 7.31. The largest absolute Gasteiger partial charge is 0.496 e. The predicted octanol–water partition coefficient (Wildman–Crippen LogP) is 7.22. The molecule has 1 aliphatic heterocycles. The van der Waals surface area contributed by atoms with Crippen LogP contribution >= 0.6 is 27.3 Å². The number of allylic oxidation sites excluding steroid dienone is 1. The van der Waals surface area contributed by atoms with Crippen molar-refractivity contribution in [3.05, 3.63) is 137 Å². The molecule has 0 spiro atoms. The molecule has 0 aliphatic carbocycles. The van der Waals surface area contributed by atoms with E-state index in [0.29, 0.717) is 54.1 Å². The lowest BCUT2D eigenvalue weighted by Crippen LogP contribution is -2.40. The molecule has 0 N–H and O–H groups in total. The van der Waals surface area contributed by atoms with Crippen LogP contribution in [-0.4, -0.2) is 24.3 Å². The van der Waals surface area contributed by atoms with Crippen LogP contribution in [0.15, 0.2) is 104 Å². The summed E-state index contributed by atoms with van der Waals surface area (Å²) in [7, 11) is 1.58. The maximum absolute atomic E-state index is 14.4. The highest BCUT2D eigenvalue weighted by Gasteiger charge is 2.37. The van der Waals surface area contributed by atoms with Crippen LogP contribution in [0.3, 0.4) is 0 Å². The standard InChI is InChI=1S/C37H32BrFN2O5S/c1-4-10-28-33(36(43)45-5-2)34(32-25-13-8-6-11-23(25)16-18-30(32)44-3)41-35(42)31(47-37(41)40-28)20-22-15-17-29(26(38)19-22)46-21-24-12-7-9-14-27(24)39/h6-9,11-20,34H,4-5,10,21H2,1-3H3/b31-20+/t34-/m1/s1. The number of fused-ring (bicyclic) bond motifs is 2. The molecule has 6 rings (SSSR count). The van der Waals surface area contributed by atoms with Crippen LogP contribution in [0, 0.1) is 5.82 Å².